The van der Waals surface area contributed by atoms with Gasteiger partial charge in [0.15, 0.2) is 0 Å². The highest BCUT2D eigenvalue weighted by Gasteiger charge is 2.36. The van der Waals surface area contributed by atoms with E-state index < -0.39 is 10.0 Å². The highest BCUT2D eigenvalue weighted by Crippen LogP contribution is 2.36. The van der Waals surface area contributed by atoms with Crippen molar-refractivity contribution in [2.45, 2.75) is 63.3 Å². The lowest BCUT2D eigenvalue weighted by Gasteiger charge is -2.29. The number of amides is 1. The molecule has 0 aliphatic carbocycles. The molecule has 156 valence electrons. The molecule has 2 aliphatic heterocycles. The molecule has 0 radical (unpaired) electrons. The summed E-state index contributed by atoms with van der Waals surface area (Å²) >= 11 is 0. The first-order valence-electron chi connectivity index (χ1n) is 10.2. The molecule has 0 unspecified atom stereocenters. The Balaban J connectivity index is 1.75. The number of aromatic nitrogens is 1. The summed E-state index contributed by atoms with van der Waals surface area (Å²) < 4.78 is 34.3. The molecule has 4 rings (SSSR count). The monoisotopic (exact) mass is 417 g/mol. The third-order valence-electron chi connectivity index (χ3n) is 5.83. The fraction of sp³-hybridized carbons (Fsp3) is 0.524. The SMILES string of the molecule is Cc1cc([C@H]2CCCCCN2S(=O)(=O)c2cc(N3CCCC3=O)ccc2C)no1. The summed E-state index contributed by atoms with van der Waals surface area (Å²) in [4.78, 5) is 14.1. The summed E-state index contributed by atoms with van der Waals surface area (Å²) in [6, 6.07) is 6.77. The molecule has 2 fully saturated rings. The molecule has 1 atom stereocenters. The minimum Gasteiger partial charge on any atom is -0.361 e. The van der Waals surface area contributed by atoms with Gasteiger partial charge in [-0.1, -0.05) is 24.1 Å². The largest absolute Gasteiger partial charge is 0.361 e. The van der Waals surface area contributed by atoms with Crippen LogP contribution in [-0.4, -0.2) is 36.9 Å². The molecule has 0 N–H and O–H groups in total. The van der Waals surface area contributed by atoms with Gasteiger partial charge in [-0.05, 0) is 50.8 Å². The summed E-state index contributed by atoms with van der Waals surface area (Å²) in [5.74, 6) is 0.718. The Morgan fingerprint density at radius 3 is 2.59 bits per heavy atom. The average Bonchev–Trinajstić information content (AvgIpc) is 3.22. The molecule has 8 heteroatoms. The highest BCUT2D eigenvalue weighted by molar-refractivity contribution is 7.89. The summed E-state index contributed by atoms with van der Waals surface area (Å²) in [5.41, 5.74) is 2.00. The number of carbonyl (C=O) groups excluding carboxylic acids is 1. The molecular weight excluding hydrogens is 390 g/mol. The average molecular weight is 418 g/mol. The Labute approximate surface area is 171 Å². The van der Waals surface area contributed by atoms with Crippen LogP contribution in [0, 0.1) is 13.8 Å². The van der Waals surface area contributed by atoms with Crippen molar-refractivity contribution < 1.29 is 17.7 Å². The molecule has 7 nitrogen and oxygen atoms in total. The Hall–Kier alpha value is -2.19. The van der Waals surface area contributed by atoms with Crippen LogP contribution in [0.2, 0.25) is 0 Å². The lowest BCUT2D eigenvalue weighted by molar-refractivity contribution is -0.117. The van der Waals surface area contributed by atoms with Crippen LogP contribution in [0.3, 0.4) is 0 Å². The number of hydrogen-bond donors (Lipinski definition) is 0. The van der Waals surface area contributed by atoms with Gasteiger partial charge in [0.2, 0.25) is 15.9 Å². The van der Waals surface area contributed by atoms with Gasteiger partial charge in [-0.25, -0.2) is 8.42 Å². The van der Waals surface area contributed by atoms with Crippen LogP contribution in [0.25, 0.3) is 0 Å². The van der Waals surface area contributed by atoms with E-state index in [4.69, 9.17) is 4.52 Å². The zero-order valence-electron chi connectivity index (χ0n) is 16.9. The highest BCUT2D eigenvalue weighted by atomic mass is 32.2. The van der Waals surface area contributed by atoms with Gasteiger partial charge in [-0.3, -0.25) is 4.79 Å². The Morgan fingerprint density at radius 1 is 1.07 bits per heavy atom. The van der Waals surface area contributed by atoms with Gasteiger partial charge < -0.3 is 9.42 Å². The maximum Gasteiger partial charge on any atom is 0.244 e. The first kappa shape index (κ1) is 20.1. The summed E-state index contributed by atoms with van der Waals surface area (Å²) in [5, 5.41) is 4.12. The third-order valence-corrected chi connectivity index (χ3v) is 7.88. The van der Waals surface area contributed by atoms with E-state index >= 15 is 0 Å². The number of anilines is 1. The molecule has 3 heterocycles. The zero-order valence-corrected chi connectivity index (χ0v) is 17.7. The van der Waals surface area contributed by atoms with Crippen molar-refractivity contribution in [1.29, 1.82) is 0 Å². The predicted molar refractivity (Wildman–Crippen MR) is 109 cm³/mol. The van der Waals surface area contributed by atoms with E-state index in [1.54, 1.807) is 28.3 Å². The second-order valence-electron chi connectivity index (χ2n) is 7.94. The Morgan fingerprint density at radius 2 is 1.90 bits per heavy atom. The molecule has 0 bridgehead atoms. The summed E-state index contributed by atoms with van der Waals surface area (Å²) in [6.45, 7) is 4.69. The number of aryl methyl sites for hydroxylation is 2. The second kappa shape index (κ2) is 7.91. The number of carbonyl (C=O) groups is 1. The second-order valence-corrected chi connectivity index (χ2v) is 9.80. The normalized spacial score (nSPS) is 21.5. The molecule has 1 amide bonds. The Kier molecular flexibility index (Phi) is 5.48. The number of hydrogen-bond acceptors (Lipinski definition) is 5. The van der Waals surface area contributed by atoms with Crippen molar-refractivity contribution in [2.24, 2.45) is 0 Å². The van der Waals surface area contributed by atoms with Gasteiger partial charge in [0, 0.05) is 31.3 Å². The molecule has 2 saturated heterocycles. The van der Waals surface area contributed by atoms with Gasteiger partial charge in [-0.15, -0.1) is 0 Å². The first-order valence-corrected chi connectivity index (χ1v) is 11.7. The Bertz CT molecular complexity index is 1010. The van der Waals surface area contributed by atoms with Gasteiger partial charge in [0.05, 0.1) is 10.9 Å². The van der Waals surface area contributed by atoms with E-state index in [1.165, 1.54) is 0 Å². The molecule has 2 aliphatic rings. The van der Waals surface area contributed by atoms with E-state index in [2.05, 4.69) is 5.16 Å². The number of benzene rings is 1. The van der Waals surface area contributed by atoms with E-state index in [-0.39, 0.29) is 16.8 Å². The first-order chi connectivity index (χ1) is 13.9. The third kappa shape index (κ3) is 3.83. The smallest absolute Gasteiger partial charge is 0.244 e. The van der Waals surface area contributed by atoms with E-state index in [0.717, 1.165) is 25.7 Å². The molecule has 0 spiro atoms. The van der Waals surface area contributed by atoms with Crippen molar-refractivity contribution in [2.75, 3.05) is 18.0 Å². The van der Waals surface area contributed by atoms with Crippen molar-refractivity contribution in [3.63, 3.8) is 0 Å². The minimum absolute atomic E-state index is 0.0444. The number of sulfonamides is 1. The van der Waals surface area contributed by atoms with Gasteiger partial charge in [0.1, 0.15) is 11.5 Å². The molecule has 2 aromatic rings. The quantitative estimate of drug-likeness (QED) is 0.757. The fourth-order valence-corrected chi connectivity index (χ4v) is 6.20. The van der Waals surface area contributed by atoms with Crippen LogP contribution in [0.1, 0.15) is 61.6 Å². The van der Waals surface area contributed by atoms with Crippen molar-refractivity contribution in [3.8, 4) is 0 Å². The number of nitrogens with zero attached hydrogens (tertiary/aromatic N) is 3. The maximum atomic E-state index is 13.8. The van der Waals surface area contributed by atoms with Crippen LogP contribution in [-0.2, 0) is 14.8 Å². The van der Waals surface area contributed by atoms with E-state index in [0.29, 0.717) is 48.6 Å². The molecule has 0 saturated carbocycles. The van der Waals surface area contributed by atoms with Crippen molar-refractivity contribution in [3.05, 3.63) is 41.3 Å². The van der Waals surface area contributed by atoms with Crippen LogP contribution in [0.4, 0.5) is 5.69 Å². The number of rotatable bonds is 4. The van der Waals surface area contributed by atoms with Crippen LogP contribution < -0.4 is 4.90 Å². The molecule has 29 heavy (non-hydrogen) atoms. The lowest BCUT2D eigenvalue weighted by atomic mass is 10.1. The maximum absolute atomic E-state index is 13.8. The van der Waals surface area contributed by atoms with Crippen LogP contribution >= 0.6 is 0 Å². The topological polar surface area (TPSA) is 83.7 Å². The van der Waals surface area contributed by atoms with Crippen LogP contribution in [0.5, 0.6) is 0 Å². The molecular formula is C21H27N3O4S. The minimum atomic E-state index is -3.76. The lowest BCUT2D eigenvalue weighted by Crippen LogP contribution is -2.35. The van der Waals surface area contributed by atoms with E-state index in [9.17, 15) is 13.2 Å². The van der Waals surface area contributed by atoms with E-state index in [1.807, 2.05) is 19.1 Å². The molecule has 1 aromatic heterocycles. The predicted octanol–water partition coefficient (Wildman–Crippen LogP) is 3.72. The van der Waals surface area contributed by atoms with Gasteiger partial charge >= 0.3 is 0 Å². The summed E-state index contributed by atoms with van der Waals surface area (Å²) in [7, 11) is -3.76. The van der Waals surface area contributed by atoms with Gasteiger partial charge in [0.25, 0.3) is 0 Å². The van der Waals surface area contributed by atoms with Gasteiger partial charge in [-0.2, -0.15) is 4.31 Å². The van der Waals surface area contributed by atoms with Crippen molar-refractivity contribution >= 4 is 21.6 Å². The summed E-state index contributed by atoms with van der Waals surface area (Å²) in [6.07, 6.45) is 4.78. The fourth-order valence-electron chi connectivity index (χ4n) is 4.29. The molecule has 1 aromatic carbocycles. The van der Waals surface area contributed by atoms with Crippen LogP contribution in [0.15, 0.2) is 33.7 Å². The van der Waals surface area contributed by atoms with Crippen molar-refractivity contribution in [1.82, 2.24) is 9.46 Å². The standard InChI is InChI=1S/C21H27N3O4S/c1-15-9-10-17(23-11-6-8-21(23)25)14-20(15)29(26,27)24-12-5-3-4-7-19(24)18-13-16(2)28-22-18/h9-10,13-14,19H,3-8,11-12H2,1-2H3/t19-/m1/s1. The zero-order chi connectivity index (χ0) is 20.6.